The lowest BCUT2D eigenvalue weighted by atomic mass is 10.2. The average molecular weight is 280 g/mol. The van der Waals surface area contributed by atoms with Gasteiger partial charge in [-0.2, -0.15) is 0 Å². The minimum absolute atomic E-state index is 0.0473. The number of hydrogen-bond donors (Lipinski definition) is 1. The molecule has 4 nitrogen and oxygen atoms in total. The zero-order valence-electron chi connectivity index (χ0n) is 11.6. The summed E-state index contributed by atoms with van der Waals surface area (Å²) >= 11 is 0. The van der Waals surface area contributed by atoms with Crippen LogP contribution < -0.4 is 5.32 Å². The number of nitrogens with zero attached hydrogens (tertiary/aromatic N) is 1. The summed E-state index contributed by atoms with van der Waals surface area (Å²) in [5, 5.41) is 4.48. The molecular weight excluding hydrogens is 260 g/mol. The van der Waals surface area contributed by atoms with E-state index in [4.69, 9.17) is 0 Å². The van der Waals surface area contributed by atoms with Crippen molar-refractivity contribution in [3.8, 4) is 0 Å². The van der Waals surface area contributed by atoms with E-state index in [0.717, 1.165) is 0 Å². The van der Waals surface area contributed by atoms with Crippen molar-refractivity contribution in [2.24, 2.45) is 7.05 Å². The van der Waals surface area contributed by atoms with E-state index in [2.05, 4.69) is 28.2 Å². The quantitative estimate of drug-likeness (QED) is 0.907. The number of aryl methyl sites for hydroxylation is 1. The lowest BCUT2D eigenvalue weighted by Crippen LogP contribution is -2.32. The first-order chi connectivity index (χ1) is 8.87. The zero-order chi connectivity index (χ0) is 14.0. The topological polar surface area (TPSA) is 51.1 Å². The van der Waals surface area contributed by atoms with Crippen molar-refractivity contribution in [1.82, 2.24) is 9.88 Å². The number of nitrogens with one attached hydrogen (secondary N) is 1. The van der Waals surface area contributed by atoms with Crippen molar-refractivity contribution in [1.29, 1.82) is 0 Å². The first kappa shape index (κ1) is 14.1. The Labute approximate surface area is 114 Å². The zero-order valence-corrected chi connectivity index (χ0v) is 12.4. The molecule has 1 N–H and O–H groups in total. The number of benzene rings is 1. The molecule has 5 heteroatoms. The van der Waals surface area contributed by atoms with Gasteiger partial charge in [0.1, 0.15) is 9.84 Å². The van der Waals surface area contributed by atoms with Crippen LogP contribution in [0, 0.1) is 0 Å². The first-order valence-electron chi connectivity index (χ1n) is 6.31. The summed E-state index contributed by atoms with van der Waals surface area (Å²) in [6, 6.07) is 8.16. The highest BCUT2D eigenvalue weighted by Gasteiger charge is 2.11. The molecular formula is C14H20N2O2S. The summed E-state index contributed by atoms with van der Waals surface area (Å²) in [7, 11) is -0.913. The molecule has 0 aliphatic rings. The average Bonchev–Trinajstić information content (AvgIpc) is 2.62. The fourth-order valence-corrected chi connectivity index (χ4v) is 3.39. The van der Waals surface area contributed by atoms with Gasteiger partial charge in [0, 0.05) is 43.0 Å². The lowest BCUT2D eigenvalue weighted by molar-refractivity contribution is 0.560. The maximum absolute atomic E-state index is 11.2. The lowest BCUT2D eigenvalue weighted by Gasteiger charge is -2.12. The van der Waals surface area contributed by atoms with Crippen LogP contribution in [0.5, 0.6) is 0 Å². The Morgan fingerprint density at radius 2 is 2.00 bits per heavy atom. The highest BCUT2D eigenvalue weighted by atomic mass is 32.2. The molecule has 2 aromatic rings. The van der Waals surface area contributed by atoms with Crippen molar-refractivity contribution in [3.63, 3.8) is 0 Å². The van der Waals surface area contributed by atoms with E-state index < -0.39 is 9.84 Å². The second-order valence-corrected chi connectivity index (χ2v) is 7.34. The van der Waals surface area contributed by atoms with Crippen LogP contribution in [0.1, 0.15) is 12.5 Å². The van der Waals surface area contributed by atoms with Gasteiger partial charge in [0.25, 0.3) is 0 Å². The molecule has 19 heavy (non-hydrogen) atoms. The summed E-state index contributed by atoms with van der Waals surface area (Å²) in [6.07, 6.45) is 3.36. The molecule has 0 aliphatic carbocycles. The van der Waals surface area contributed by atoms with Crippen LogP contribution >= 0.6 is 0 Å². The normalized spacial score (nSPS) is 13.8. The molecule has 1 aromatic carbocycles. The number of rotatable bonds is 5. The Hall–Kier alpha value is -1.33. The fourth-order valence-electron chi connectivity index (χ4n) is 2.36. The van der Waals surface area contributed by atoms with Crippen LogP contribution in [-0.4, -0.2) is 31.0 Å². The van der Waals surface area contributed by atoms with Gasteiger partial charge in [-0.05, 0) is 18.6 Å². The Bertz CT molecular complexity index is 674. The van der Waals surface area contributed by atoms with Gasteiger partial charge in [0.2, 0.25) is 0 Å². The van der Waals surface area contributed by atoms with E-state index in [1.807, 2.05) is 26.1 Å². The molecule has 1 heterocycles. The summed E-state index contributed by atoms with van der Waals surface area (Å²) in [6.45, 7) is 2.57. The number of fused-ring (bicyclic) bond motifs is 1. The van der Waals surface area contributed by atoms with E-state index in [1.165, 1.54) is 22.7 Å². The van der Waals surface area contributed by atoms with E-state index in [-0.39, 0.29) is 11.8 Å². The number of sulfone groups is 1. The fraction of sp³-hybridized carbons (Fsp3) is 0.429. The third-order valence-electron chi connectivity index (χ3n) is 3.17. The van der Waals surface area contributed by atoms with Crippen molar-refractivity contribution in [2.75, 3.05) is 12.0 Å². The molecule has 1 aromatic heterocycles. The summed E-state index contributed by atoms with van der Waals surface area (Å²) in [5.41, 5.74) is 2.38. The molecule has 0 radical (unpaired) electrons. The van der Waals surface area contributed by atoms with Gasteiger partial charge < -0.3 is 9.88 Å². The highest BCUT2D eigenvalue weighted by molar-refractivity contribution is 7.90. The van der Waals surface area contributed by atoms with Crippen molar-refractivity contribution >= 4 is 20.7 Å². The monoisotopic (exact) mass is 280 g/mol. The third kappa shape index (κ3) is 3.58. The second kappa shape index (κ2) is 5.35. The Kier molecular flexibility index (Phi) is 3.96. The molecule has 0 bridgehead atoms. The maximum atomic E-state index is 11.2. The Morgan fingerprint density at radius 1 is 1.32 bits per heavy atom. The van der Waals surface area contributed by atoms with Gasteiger partial charge in [0.15, 0.2) is 0 Å². The molecule has 1 unspecified atom stereocenters. The molecule has 2 rings (SSSR count). The van der Waals surface area contributed by atoms with E-state index >= 15 is 0 Å². The molecule has 0 aliphatic heterocycles. The first-order valence-corrected chi connectivity index (χ1v) is 8.37. The predicted molar refractivity (Wildman–Crippen MR) is 78.9 cm³/mol. The van der Waals surface area contributed by atoms with Crippen molar-refractivity contribution in [2.45, 2.75) is 19.5 Å². The largest absolute Gasteiger partial charge is 0.350 e. The van der Waals surface area contributed by atoms with Crippen LogP contribution in [0.3, 0.4) is 0 Å². The highest BCUT2D eigenvalue weighted by Crippen LogP contribution is 2.20. The summed E-state index contributed by atoms with van der Waals surface area (Å²) in [5.74, 6) is 0.164. The van der Waals surface area contributed by atoms with Crippen LogP contribution in [0.15, 0.2) is 30.5 Å². The van der Waals surface area contributed by atoms with Gasteiger partial charge in [0.05, 0.1) is 5.75 Å². The molecule has 0 saturated heterocycles. The molecule has 104 valence electrons. The van der Waals surface area contributed by atoms with Gasteiger partial charge in [-0.25, -0.2) is 8.42 Å². The van der Waals surface area contributed by atoms with Crippen LogP contribution in [-0.2, 0) is 23.4 Å². The molecule has 0 saturated carbocycles. The van der Waals surface area contributed by atoms with E-state index in [9.17, 15) is 8.42 Å². The van der Waals surface area contributed by atoms with Crippen molar-refractivity contribution < 1.29 is 8.42 Å². The minimum atomic E-state index is -2.93. The SMILES string of the molecule is CC(CS(C)(=O)=O)NCc1cn(C)c2ccccc12. The Balaban J connectivity index is 2.10. The predicted octanol–water partition coefficient (Wildman–Crippen LogP) is 1.70. The van der Waals surface area contributed by atoms with Crippen LogP contribution in [0.2, 0.25) is 0 Å². The van der Waals surface area contributed by atoms with Gasteiger partial charge in [-0.1, -0.05) is 18.2 Å². The van der Waals surface area contributed by atoms with Crippen molar-refractivity contribution in [3.05, 3.63) is 36.0 Å². The number of hydrogen-bond acceptors (Lipinski definition) is 3. The van der Waals surface area contributed by atoms with Gasteiger partial charge >= 0.3 is 0 Å². The van der Waals surface area contributed by atoms with Crippen LogP contribution in [0.25, 0.3) is 10.9 Å². The molecule has 0 spiro atoms. The summed E-state index contributed by atoms with van der Waals surface area (Å²) in [4.78, 5) is 0. The standard InChI is InChI=1S/C14H20N2O2S/c1-11(10-19(3,17)18)15-8-12-9-16(2)14-7-5-4-6-13(12)14/h4-7,9,11,15H,8,10H2,1-3H3. The smallest absolute Gasteiger partial charge is 0.148 e. The minimum Gasteiger partial charge on any atom is -0.350 e. The third-order valence-corrected chi connectivity index (χ3v) is 4.28. The molecule has 0 fully saturated rings. The Morgan fingerprint density at radius 3 is 2.68 bits per heavy atom. The molecule has 0 amide bonds. The maximum Gasteiger partial charge on any atom is 0.148 e. The summed E-state index contributed by atoms with van der Waals surface area (Å²) < 4.78 is 24.5. The molecule has 1 atom stereocenters. The van der Waals surface area contributed by atoms with E-state index in [1.54, 1.807) is 0 Å². The second-order valence-electron chi connectivity index (χ2n) is 5.16. The van der Waals surface area contributed by atoms with E-state index in [0.29, 0.717) is 6.54 Å². The van der Waals surface area contributed by atoms with Gasteiger partial charge in [-0.15, -0.1) is 0 Å². The number of para-hydroxylation sites is 1. The van der Waals surface area contributed by atoms with Gasteiger partial charge in [-0.3, -0.25) is 0 Å². The van der Waals surface area contributed by atoms with Crippen LogP contribution in [0.4, 0.5) is 0 Å². The number of aromatic nitrogens is 1.